The lowest BCUT2D eigenvalue weighted by molar-refractivity contribution is -0.134. The van der Waals surface area contributed by atoms with Gasteiger partial charge in [-0.25, -0.2) is 0 Å². The number of rotatable bonds is 10. The second-order valence-corrected chi connectivity index (χ2v) is 4.81. The highest BCUT2D eigenvalue weighted by atomic mass is 16.6. The molecule has 0 N–H and O–H groups in total. The van der Waals surface area contributed by atoms with Crippen LogP contribution in [0.2, 0.25) is 0 Å². The summed E-state index contributed by atoms with van der Waals surface area (Å²) >= 11 is 0. The third-order valence-electron chi connectivity index (χ3n) is 2.96. The number of esters is 1. The van der Waals surface area contributed by atoms with Crippen LogP contribution in [0.5, 0.6) is 11.5 Å². The third kappa shape index (κ3) is 6.55. The van der Waals surface area contributed by atoms with E-state index in [-0.39, 0.29) is 5.97 Å². The highest BCUT2D eigenvalue weighted by Gasteiger charge is 2.10. The molecule has 0 aliphatic rings. The summed E-state index contributed by atoms with van der Waals surface area (Å²) in [5, 5.41) is 0. The molecule has 0 atom stereocenters. The van der Waals surface area contributed by atoms with Gasteiger partial charge in [0.1, 0.15) is 0 Å². The maximum absolute atomic E-state index is 11.7. The number of unbranched alkanes of at least 4 members (excludes halogenated alkanes) is 4. The number of carbonyl (C=O) groups excluding carboxylic acids is 1. The molecule has 112 valence electrons. The van der Waals surface area contributed by atoms with Gasteiger partial charge >= 0.3 is 5.97 Å². The largest absolute Gasteiger partial charge is 0.488 e. The number of pyridine rings is 1. The number of nitrogens with zero attached hydrogens (tertiary/aromatic N) is 1. The maximum Gasteiger partial charge on any atom is 0.311 e. The van der Waals surface area contributed by atoms with Gasteiger partial charge in [-0.15, -0.1) is 0 Å². The molecular formula is C16H25NO3. The van der Waals surface area contributed by atoms with E-state index in [4.69, 9.17) is 9.47 Å². The van der Waals surface area contributed by atoms with Gasteiger partial charge in [-0.05, 0) is 12.8 Å². The van der Waals surface area contributed by atoms with Crippen molar-refractivity contribution in [3.63, 3.8) is 0 Å². The Morgan fingerprint density at radius 3 is 2.60 bits per heavy atom. The predicted molar refractivity (Wildman–Crippen MR) is 79.0 cm³/mol. The van der Waals surface area contributed by atoms with Gasteiger partial charge in [0.15, 0.2) is 11.5 Å². The molecule has 4 nitrogen and oxygen atoms in total. The van der Waals surface area contributed by atoms with Crippen molar-refractivity contribution in [2.24, 2.45) is 0 Å². The van der Waals surface area contributed by atoms with Crippen LogP contribution in [-0.4, -0.2) is 17.6 Å². The van der Waals surface area contributed by atoms with E-state index in [0.29, 0.717) is 24.5 Å². The van der Waals surface area contributed by atoms with Crippen molar-refractivity contribution in [3.8, 4) is 11.5 Å². The van der Waals surface area contributed by atoms with Crippen molar-refractivity contribution in [1.29, 1.82) is 0 Å². The number of hydrogen-bond donors (Lipinski definition) is 0. The normalized spacial score (nSPS) is 10.3. The molecule has 0 saturated carbocycles. The van der Waals surface area contributed by atoms with Gasteiger partial charge in [-0.3, -0.25) is 9.78 Å². The van der Waals surface area contributed by atoms with Crippen LogP contribution < -0.4 is 9.47 Å². The van der Waals surface area contributed by atoms with Crippen LogP contribution in [0, 0.1) is 0 Å². The van der Waals surface area contributed by atoms with Crippen LogP contribution in [-0.2, 0) is 4.79 Å². The molecule has 1 aromatic heterocycles. The fourth-order valence-electron chi connectivity index (χ4n) is 1.79. The zero-order valence-electron chi connectivity index (χ0n) is 12.6. The van der Waals surface area contributed by atoms with Crippen LogP contribution in [0.4, 0.5) is 0 Å². The molecule has 20 heavy (non-hydrogen) atoms. The van der Waals surface area contributed by atoms with E-state index in [0.717, 1.165) is 38.5 Å². The highest BCUT2D eigenvalue weighted by molar-refractivity contribution is 5.73. The lowest BCUT2D eigenvalue weighted by Gasteiger charge is -2.10. The van der Waals surface area contributed by atoms with Gasteiger partial charge < -0.3 is 9.47 Å². The van der Waals surface area contributed by atoms with Gasteiger partial charge in [0, 0.05) is 18.7 Å². The Labute approximate surface area is 121 Å². The van der Waals surface area contributed by atoms with Crippen molar-refractivity contribution >= 4 is 5.97 Å². The lowest BCUT2D eigenvalue weighted by Crippen LogP contribution is -2.09. The van der Waals surface area contributed by atoms with Crippen LogP contribution in [0.3, 0.4) is 0 Å². The molecule has 0 aliphatic heterocycles. The van der Waals surface area contributed by atoms with Crippen molar-refractivity contribution in [2.45, 2.75) is 58.8 Å². The second kappa shape index (κ2) is 10.2. The molecule has 0 fully saturated rings. The fourth-order valence-corrected chi connectivity index (χ4v) is 1.79. The first kappa shape index (κ1) is 16.5. The topological polar surface area (TPSA) is 48.4 Å². The van der Waals surface area contributed by atoms with E-state index in [1.807, 2.05) is 0 Å². The molecule has 1 aromatic rings. The quantitative estimate of drug-likeness (QED) is 0.477. The van der Waals surface area contributed by atoms with E-state index in [1.165, 1.54) is 0 Å². The molecule has 0 aliphatic carbocycles. The summed E-state index contributed by atoms with van der Waals surface area (Å²) in [4.78, 5) is 15.7. The maximum atomic E-state index is 11.7. The molecule has 0 amide bonds. The smallest absolute Gasteiger partial charge is 0.311 e. The molecule has 0 bridgehead atoms. The first-order valence-corrected chi connectivity index (χ1v) is 7.55. The molecule has 4 heteroatoms. The van der Waals surface area contributed by atoms with Crippen molar-refractivity contribution in [1.82, 2.24) is 4.98 Å². The van der Waals surface area contributed by atoms with Crippen LogP contribution in [0.1, 0.15) is 58.8 Å². The minimum Gasteiger partial charge on any atom is -0.488 e. The molecule has 0 spiro atoms. The van der Waals surface area contributed by atoms with E-state index >= 15 is 0 Å². The summed E-state index contributed by atoms with van der Waals surface area (Å²) in [6, 6.07) is 1.67. The molecule has 1 heterocycles. The van der Waals surface area contributed by atoms with Gasteiger partial charge in [-0.2, -0.15) is 0 Å². The van der Waals surface area contributed by atoms with Crippen LogP contribution >= 0.6 is 0 Å². The standard InChI is InChI=1S/C16H25NO3/c1-3-5-7-9-16(18)20-14-10-11-17-13-15(14)19-12-8-6-4-2/h10-11,13H,3-9,12H2,1-2H3. The number of aromatic nitrogens is 1. The monoisotopic (exact) mass is 279 g/mol. The minimum absolute atomic E-state index is 0.206. The SMILES string of the molecule is CCCCCOc1cnccc1OC(=O)CCCCC. The molecule has 0 saturated heterocycles. The molecule has 0 unspecified atom stereocenters. The van der Waals surface area contributed by atoms with E-state index in [1.54, 1.807) is 18.5 Å². The summed E-state index contributed by atoms with van der Waals surface area (Å²) in [7, 11) is 0. The Morgan fingerprint density at radius 2 is 1.85 bits per heavy atom. The first-order valence-electron chi connectivity index (χ1n) is 7.55. The molecule has 0 aromatic carbocycles. The summed E-state index contributed by atoms with van der Waals surface area (Å²) in [5.41, 5.74) is 0. The number of ether oxygens (including phenoxy) is 2. The Balaban J connectivity index is 2.45. The summed E-state index contributed by atoms with van der Waals surface area (Å²) in [6.07, 6.45) is 9.93. The predicted octanol–water partition coefficient (Wildman–Crippen LogP) is 4.14. The Bertz CT molecular complexity index is 393. The second-order valence-electron chi connectivity index (χ2n) is 4.81. The average Bonchev–Trinajstić information content (AvgIpc) is 2.45. The first-order chi connectivity index (χ1) is 9.77. The molecule has 1 rings (SSSR count). The van der Waals surface area contributed by atoms with Gasteiger partial charge in [0.2, 0.25) is 0 Å². The molecule has 0 radical (unpaired) electrons. The van der Waals surface area contributed by atoms with Gasteiger partial charge in [0.05, 0.1) is 12.8 Å². The number of carbonyl (C=O) groups is 1. The van der Waals surface area contributed by atoms with Crippen molar-refractivity contribution < 1.29 is 14.3 Å². The Kier molecular flexibility index (Phi) is 8.43. The van der Waals surface area contributed by atoms with Crippen molar-refractivity contribution in [2.75, 3.05) is 6.61 Å². The molecular weight excluding hydrogens is 254 g/mol. The number of hydrogen-bond acceptors (Lipinski definition) is 4. The van der Waals surface area contributed by atoms with Crippen LogP contribution in [0.25, 0.3) is 0 Å². The third-order valence-corrected chi connectivity index (χ3v) is 2.96. The lowest BCUT2D eigenvalue weighted by atomic mass is 10.2. The van der Waals surface area contributed by atoms with E-state index < -0.39 is 0 Å². The Hall–Kier alpha value is -1.58. The average molecular weight is 279 g/mol. The zero-order chi connectivity index (χ0) is 14.6. The van der Waals surface area contributed by atoms with E-state index in [9.17, 15) is 4.79 Å². The highest BCUT2D eigenvalue weighted by Crippen LogP contribution is 2.26. The Morgan fingerprint density at radius 1 is 1.10 bits per heavy atom. The van der Waals surface area contributed by atoms with Crippen molar-refractivity contribution in [3.05, 3.63) is 18.5 Å². The van der Waals surface area contributed by atoms with Crippen LogP contribution in [0.15, 0.2) is 18.5 Å². The summed E-state index contributed by atoms with van der Waals surface area (Å²) < 4.78 is 11.0. The minimum atomic E-state index is -0.206. The van der Waals surface area contributed by atoms with Gasteiger partial charge in [-0.1, -0.05) is 39.5 Å². The fraction of sp³-hybridized carbons (Fsp3) is 0.625. The van der Waals surface area contributed by atoms with Gasteiger partial charge in [0.25, 0.3) is 0 Å². The summed E-state index contributed by atoms with van der Waals surface area (Å²) in [6.45, 7) is 4.88. The zero-order valence-corrected chi connectivity index (χ0v) is 12.6. The summed E-state index contributed by atoms with van der Waals surface area (Å²) in [5.74, 6) is 0.813. The van der Waals surface area contributed by atoms with E-state index in [2.05, 4.69) is 18.8 Å².